The highest BCUT2D eigenvalue weighted by atomic mass is 16.5. The molecule has 0 aliphatic rings. The summed E-state index contributed by atoms with van der Waals surface area (Å²) in [5.74, 6) is 0.345. The van der Waals surface area contributed by atoms with Crippen LogP contribution in [0.1, 0.15) is 54.0 Å². The molecule has 0 radical (unpaired) electrons. The second-order valence-electron chi connectivity index (χ2n) is 9.00. The average Bonchev–Trinajstić information content (AvgIpc) is 3.18. The van der Waals surface area contributed by atoms with Crippen molar-refractivity contribution >= 4 is 5.91 Å². The first-order valence-corrected chi connectivity index (χ1v) is 10.2. The van der Waals surface area contributed by atoms with Crippen molar-refractivity contribution in [2.75, 3.05) is 20.6 Å². The van der Waals surface area contributed by atoms with Gasteiger partial charge in [-0.05, 0) is 37.6 Å². The number of carbonyl (C=O) groups is 1. The van der Waals surface area contributed by atoms with Gasteiger partial charge in [0.2, 0.25) is 0 Å². The van der Waals surface area contributed by atoms with Crippen molar-refractivity contribution in [3.8, 4) is 11.3 Å². The van der Waals surface area contributed by atoms with Gasteiger partial charge in [0.15, 0.2) is 11.5 Å². The summed E-state index contributed by atoms with van der Waals surface area (Å²) in [7, 11) is 4.03. The fourth-order valence-electron chi connectivity index (χ4n) is 3.32. The van der Waals surface area contributed by atoms with Crippen LogP contribution in [0.4, 0.5) is 0 Å². The van der Waals surface area contributed by atoms with Crippen LogP contribution in [-0.2, 0) is 5.41 Å². The molecule has 0 aliphatic heterocycles. The third-order valence-electron chi connectivity index (χ3n) is 5.32. The quantitative estimate of drug-likeness (QED) is 0.628. The number of nitrogens with zero attached hydrogens (tertiary/aromatic N) is 2. The maximum absolute atomic E-state index is 12.6. The van der Waals surface area contributed by atoms with Gasteiger partial charge in [0.1, 0.15) is 0 Å². The number of carbonyl (C=O) groups excluding carboxylic acids is 1. The zero-order valence-electron chi connectivity index (χ0n) is 18.7. The number of hydrogen-bond donors (Lipinski definition) is 1. The fraction of sp³-hybridized carbons (Fsp3) is 0.360. The summed E-state index contributed by atoms with van der Waals surface area (Å²) >= 11 is 0. The van der Waals surface area contributed by atoms with E-state index in [1.165, 1.54) is 11.1 Å². The molecule has 5 nitrogen and oxygen atoms in total. The summed E-state index contributed by atoms with van der Waals surface area (Å²) < 4.78 is 5.37. The van der Waals surface area contributed by atoms with Crippen molar-refractivity contribution in [1.82, 2.24) is 15.4 Å². The van der Waals surface area contributed by atoms with E-state index in [-0.39, 0.29) is 23.1 Å². The molecule has 0 fully saturated rings. The Kier molecular flexibility index (Phi) is 6.42. The van der Waals surface area contributed by atoms with E-state index in [0.29, 0.717) is 12.3 Å². The maximum Gasteiger partial charge on any atom is 0.273 e. The van der Waals surface area contributed by atoms with Crippen LogP contribution in [0.5, 0.6) is 0 Å². The number of rotatable bonds is 6. The van der Waals surface area contributed by atoms with E-state index in [2.05, 4.69) is 60.4 Å². The van der Waals surface area contributed by atoms with E-state index in [0.717, 1.165) is 11.1 Å². The maximum atomic E-state index is 12.6. The molecule has 0 spiro atoms. The number of aryl methyl sites for hydroxylation is 1. The molecular weight excluding hydrogens is 374 g/mol. The van der Waals surface area contributed by atoms with Gasteiger partial charge in [-0.15, -0.1) is 0 Å². The third-order valence-corrected chi connectivity index (χ3v) is 5.32. The molecule has 3 aromatic rings. The summed E-state index contributed by atoms with van der Waals surface area (Å²) in [6.45, 7) is 9.12. The largest absolute Gasteiger partial charge is 0.355 e. The van der Waals surface area contributed by atoms with Crippen LogP contribution in [0.2, 0.25) is 0 Å². The predicted octanol–water partition coefficient (Wildman–Crippen LogP) is 4.98. The summed E-state index contributed by atoms with van der Waals surface area (Å²) in [6, 6.07) is 18.3. The number of hydrogen-bond acceptors (Lipinski definition) is 4. The molecule has 3 rings (SSSR count). The average molecular weight is 406 g/mol. The first-order valence-electron chi connectivity index (χ1n) is 10.2. The number of benzene rings is 2. The summed E-state index contributed by atoms with van der Waals surface area (Å²) in [6.07, 6.45) is 0. The van der Waals surface area contributed by atoms with Crippen LogP contribution in [0.15, 0.2) is 59.1 Å². The predicted molar refractivity (Wildman–Crippen MR) is 121 cm³/mol. The van der Waals surface area contributed by atoms with Gasteiger partial charge in [-0.25, -0.2) is 0 Å². The molecule has 1 amide bonds. The summed E-state index contributed by atoms with van der Waals surface area (Å²) in [5, 5.41) is 6.94. The number of aromatic nitrogens is 1. The van der Waals surface area contributed by atoms with Gasteiger partial charge < -0.3 is 14.7 Å². The Morgan fingerprint density at radius 2 is 1.70 bits per heavy atom. The Morgan fingerprint density at radius 3 is 2.27 bits per heavy atom. The standard InChI is InChI=1S/C25H31N3O2/c1-17-7-9-19(10-8-17)23-15-21(27-30-23)24(29)26-16-22(28(5)6)18-11-13-20(14-12-18)25(2,3)4/h7-15,22H,16H2,1-6H3,(H,26,29). The van der Waals surface area contributed by atoms with E-state index in [1.54, 1.807) is 6.07 Å². The highest BCUT2D eigenvalue weighted by Crippen LogP contribution is 2.25. The Hall–Kier alpha value is -2.92. The van der Waals surface area contributed by atoms with E-state index >= 15 is 0 Å². The Bertz CT molecular complexity index is 980. The van der Waals surface area contributed by atoms with Crippen molar-refractivity contribution in [1.29, 1.82) is 0 Å². The number of likely N-dealkylation sites (N-methyl/N-ethyl adjacent to an activating group) is 1. The SMILES string of the molecule is Cc1ccc(-c2cc(C(=O)NCC(c3ccc(C(C)(C)C)cc3)N(C)C)no2)cc1. The second-order valence-corrected chi connectivity index (χ2v) is 9.00. The zero-order valence-corrected chi connectivity index (χ0v) is 18.7. The van der Waals surface area contributed by atoms with Crippen molar-refractivity contribution < 1.29 is 9.32 Å². The lowest BCUT2D eigenvalue weighted by atomic mass is 9.86. The lowest BCUT2D eigenvalue weighted by molar-refractivity contribution is 0.0933. The van der Waals surface area contributed by atoms with Gasteiger partial charge in [0.05, 0.1) is 6.04 Å². The second kappa shape index (κ2) is 8.84. The Labute approximate surface area is 179 Å². The van der Waals surface area contributed by atoms with Crippen LogP contribution in [-0.4, -0.2) is 36.6 Å². The molecule has 0 aliphatic carbocycles. The molecule has 30 heavy (non-hydrogen) atoms. The smallest absolute Gasteiger partial charge is 0.273 e. The lowest BCUT2D eigenvalue weighted by Gasteiger charge is -2.26. The molecule has 1 heterocycles. The van der Waals surface area contributed by atoms with Gasteiger partial charge >= 0.3 is 0 Å². The monoisotopic (exact) mass is 405 g/mol. The molecule has 5 heteroatoms. The number of nitrogens with one attached hydrogen (secondary N) is 1. The Balaban J connectivity index is 1.68. The van der Waals surface area contributed by atoms with Crippen LogP contribution in [0.3, 0.4) is 0 Å². The molecule has 1 aromatic heterocycles. The van der Waals surface area contributed by atoms with Crippen LogP contribution in [0.25, 0.3) is 11.3 Å². The topological polar surface area (TPSA) is 58.4 Å². The molecule has 1 atom stereocenters. The minimum atomic E-state index is -0.240. The van der Waals surface area contributed by atoms with E-state index in [9.17, 15) is 4.79 Å². The molecular formula is C25H31N3O2. The first-order chi connectivity index (χ1) is 14.1. The number of amides is 1. The van der Waals surface area contributed by atoms with E-state index in [4.69, 9.17) is 4.52 Å². The van der Waals surface area contributed by atoms with Crippen molar-refractivity contribution in [3.63, 3.8) is 0 Å². The molecule has 0 saturated carbocycles. The highest BCUT2D eigenvalue weighted by molar-refractivity contribution is 5.93. The normalized spacial score (nSPS) is 12.8. The molecule has 158 valence electrons. The van der Waals surface area contributed by atoms with Crippen LogP contribution >= 0.6 is 0 Å². The van der Waals surface area contributed by atoms with Gasteiger partial charge in [-0.3, -0.25) is 4.79 Å². The summed E-state index contributed by atoms with van der Waals surface area (Å²) in [5.41, 5.74) is 4.92. The minimum Gasteiger partial charge on any atom is -0.355 e. The first kappa shape index (κ1) is 21.8. The molecule has 2 aromatic carbocycles. The van der Waals surface area contributed by atoms with Crippen molar-refractivity contribution in [2.24, 2.45) is 0 Å². The van der Waals surface area contributed by atoms with Crippen LogP contribution in [0, 0.1) is 6.92 Å². The van der Waals surface area contributed by atoms with Gasteiger partial charge in [-0.1, -0.05) is 80.0 Å². The highest BCUT2D eigenvalue weighted by Gasteiger charge is 2.20. The van der Waals surface area contributed by atoms with Gasteiger partial charge in [0.25, 0.3) is 5.91 Å². The van der Waals surface area contributed by atoms with E-state index < -0.39 is 0 Å². The van der Waals surface area contributed by atoms with Crippen molar-refractivity contribution in [3.05, 3.63) is 77.0 Å². The zero-order chi connectivity index (χ0) is 21.9. The van der Waals surface area contributed by atoms with Gasteiger partial charge in [0, 0.05) is 18.2 Å². The molecule has 0 bridgehead atoms. The van der Waals surface area contributed by atoms with E-state index in [1.807, 2.05) is 45.3 Å². The summed E-state index contributed by atoms with van der Waals surface area (Å²) in [4.78, 5) is 14.7. The van der Waals surface area contributed by atoms with Gasteiger partial charge in [-0.2, -0.15) is 0 Å². The lowest BCUT2D eigenvalue weighted by Crippen LogP contribution is -2.34. The fourth-order valence-corrected chi connectivity index (χ4v) is 3.32. The molecule has 0 saturated heterocycles. The van der Waals surface area contributed by atoms with Crippen LogP contribution < -0.4 is 5.32 Å². The third kappa shape index (κ3) is 5.16. The molecule has 1 N–H and O–H groups in total. The molecule has 1 unspecified atom stereocenters. The van der Waals surface area contributed by atoms with Crippen molar-refractivity contribution in [2.45, 2.75) is 39.2 Å². The Morgan fingerprint density at radius 1 is 1.07 bits per heavy atom. The minimum absolute atomic E-state index is 0.0615.